The van der Waals surface area contributed by atoms with Crippen LogP contribution in [0.2, 0.25) is 0 Å². The molecule has 7 aromatic carbocycles. The first-order valence-corrected chi connectivity index (χ1v) is 16.8. The summed E-state index contributed by atoms with van der Waals surface area (Å²) >= 11 is 3.82. The molecular weight excluding hydrogens is 636 g/mol. The summed E-state index contributed by atoms with van der Waals surface area (Å²) in [7, 11) is 0. The number of fused-ring (bicyclic) bond motifs is 11. The Bertz CT molecular complexity index is 2510. The van der Waals surface area contributed by atoms with Crippen molar-refractivity contribution in [2.24, 2.45) is 0 Å². The van der Waals surface area contributed by atoms with Crippen molar-refractivity contribution in [2.45, 2.75) is 5.41 Å². The summed E-state index contributed by atoms with van der Waals surface area (Å²) < 4.78 is 3.36. The van der Waals surface area contributed by atoms with E-state index in [2.05, 4.69) is 184 Å². The number of hydrogen-bond donors (Lipinski definition) is 0. The lowest BCUT2D eigenvalue weighted by Gasteiger charge is -2.30. The van der Waals surface area contributed by atoms with Crippen LogP contribution in [0.3, 0.4) is 0 Å². The van der Waals surface area contributed by atoms with Crippen molar-refractivity contribution >= 4 is 27.0 Å². The van der Waals surface area contributed by atoms with Crippen LogP contribution in [-0.4, -0.2) is 9.55 Å². The van der Waals surface area contributed by atoms with E-state index in [4.69, 9.17) is 4.98 Å². The monoisotopic (exact) mass is 662 g/mol. The molecule has 0 aliphatic heterocycles. The highest BCUT2D eigenvalue weighted by molar-refractivity contribution is 9.10. The first kappa shape index (κ1) is 26.7. The Balaban J connectivity index is 1.15. The van der Waals surface area contributed by atoms with Crippen molar-refractivity contribution in [3.05, 3.63) is 191 Å². The first-order valence-electron chi connectivity index (χ1n) is 16.0. The summed E-state index contributed by atoms with van der Waals surface area (Å²) in [5.74, 6) is 0.942. The number of nitrogens with zero attached hydrogens (tertiary/aromatic N) is 2. The Kier molecular flexibility index (Phi) is 5.67. The van der Waals surface area contributed by atoms with E-state index in [1.165, 1.54) is 55.6 Å². The van der Waals surface area contributed by atoms with Crippen molar-refractivity contribution in [3.63, 3.8) is 0 Å². The van der Waals surface area contributed by atoms with Gasteiger partial charge in [-0.3, -0.25) is 4.57 Å². The molecular formula is C44H27BrN2. The SMILES string of the molecule is Brc1ccc2c(c1)C1(c3ccccc3-2)c2ccccc2-c2ccc(-c3ccc(-c4nc5ccccc5n4-c4ccccc4)cc3)cc21. The van der Waals surface area contributed by atoms with Gasteiger partial charge in [-0.05, 0) is 98.1 Å². The third-order valence-corrected chi connectivity index (χ3v) is 10.6. The minimum absolute atomic E-state index is 0.377. The molecule has 2 aliphatic rings. The smallest absolute Gasteiger partial charge is 0.145 e. The van der Waals surface area contributed by atoms with Gasteiger partial charge < -0.3 is 0 Å². The molecule has 2 nitrogen and oxygen atoms in total. The zero-order chi connectivity index (χ0) is 31.1. The Hall–Kier alpha value is -5.51. The van der Waals surface area contributed by atoms with Crippen LogP contribution in [0.4, 0.5) is 0 Å². The molecule has 220 valence electrons. The molecule has 0 radical (unpaired) electrons. The van der Waals surface area contributed by atoms with Gasteiger partial charge in [0.05, 0.1) is 16.4 Å². The molecule has 0 fully saturated rings. The largest absolute Gasteiger partial charge is 0.292 e. The number of halogens is 1. The predicted molar refractivity (Wildman–Crippen MR) is 196 cm³/mol. The van der Waals surface area contributed by atoms with Crippen molar-refractivity contribution in [1.29, 1.82) is 0 Å². The number of benzene rings is 7. The van der Waals surface area contributed by atoms with Gasteiger partial charge >= 0.3 is 0 Å². The van der Waals surface area contributed by atoms with E-state index >= 15 is 0 Å². The van der Waals surface area contributed by atoms with E-state index in [1.54, 1.807) is 0 Å². The van der Waals surface area contributed by atoms with Crippen LogP contribution in [-0.2, 0) is 5.41 Å². The second-order valence-corrected chi connectivity index (χ2v) is 13.4. The molecule has 0 amide bonds. The predicted octanol–water partition coefficient (Wildman–Crippen LogP) is 11.5. The molecule has 1 heterocycles. The molecule has 8 aromatic rings. The Morgan fingerprint density at radius 1 is 0.447 bits per heavy atom. The summed E-state index contributed by atoms with van der Waals surface area (Å²) in [6, 6.07) is 59.5. The fourth-order valence-corrected chi connectivity index (χ4v) is 8.52. The van der Waals surface area contributed by atoms with Crippen molar-refractivity contribution < 1.29 is 0 Å². The fraction of sp³-hybridized carbons (Fsp3) is 0.0227. The average molecular weight is 664 g/mol. The number of para-hydroxylation sites is 3. The number of imidazole rings is 1. The van der Waals surface area contributed by atoms with Crippen molar-refractivity contribution in [2.75, 3.05) is 0 Å². The first-order chi connectivity index (χ1) is 23.2. The third kappa shape index (κ3) is 3.69. The van der Waals surface area contributed by atoms with Gasteiger partial charge in [0.1, 0.15) is 5.82 Å². The van der Waals surface area contributed by atoms with Gasteiger partial charge in [-0.25, -0.2) is 4.98 Å². The highest BCUT2D eigenvalue weighted by Gasteiger charge is 2.51. The molecule has 0 saturated carbocycles. The van der Waals surface area contributed by atoms with Gasteiger partial charge in [0, 0.05) is 15.7 Å². The molecule has 0 saturated heterocycles. The fourth-order valence-electron chi connectivity index (χ4n) is 8.16. The Morgan fingerprint density at radius 2 is 1.00 bits per heavy atom. The maximum absolute atomic E-state index is 5.09. The molecule has 3 heteroatoms. The van der Waals surface area contributed by atoms with E-state index in [0.717, 1.165) is 32.6 Å². The van der Waals surface area contributed by atoms with Crippen LogP contribution in [0.15, 0.2) is 168 Å². The highest BCUT2D eigenvalue weighted by Crippen LogP contribution is 2.63. The van der Waals surface area contributed by atoms with E-state index in [1.807, 2.05) is 0 Å². The highest BCUT2D eigenvalue weighted by atomic mass is 79.9. The molecule has 1 spiro atoms. The quantitative estimate of drug-likeness (QED) is 0.184. The van der Waals surface area contributed by atoms with Gasteiger partial charge in [-0.1, -0.05) is 137 Å². The summed E-state index contributed by atoms with van der Waals surface area (Å²) in [6.07, 6.45) is 0. The van der Waals surface area contributed by atoms with Crippen LogP contribution in [0.25, 0.3) is 61.5 Å². The van der Waals surface area contributed by atoms with Crippen LogP contribution >= 0.6 is 15.9 Å². The summed E-state index contributed by atoms with van der Waals surface area (Å²) in [5, 5.41) is 0. The molecule has 2 aliphatic carbocycles. The molecule has 0 bridgehead atoms. The molecule has 0 N–H and O–H groups in total. The van der Waals surface area contributed by atoms with Crippen LogP contribution in [0.5, 0.6) is 0 Å². The van der Waals surface area contributed by atoms with E-state index in [-0.39, 0.29) is 5.41 Å². The van der Waals surface area contributed by atoms with Crippen molar-refractivity contribution in [1.82, 2.24) is 9.55 Å². The molecule has 1 unspecified atom stereocenters. The van der Waals surface area contributed by atoms with Gasteiger partial charge in [-0.15, -0.1) is 0 Å². The zero-order valence-electron chi connectivity index (χ0n) is 25.4. The summed E-state index contributed by atoms with van der Waals surface area (Å²) in [6.45, 7) is 0. The van der Waals surface area contributed by atoms with E-state index in [9.17, 15) is 0 Å². The maximum atomic E-state index is 5.09. The normalized spacial score (nSPS) is 15.4. The van der Waals surface area contributed by atoms with Gasteiger partial charge in [-0.2, -0.15) is 0 Å². The van der Waals surface area contributed by atoms with Gasteiger partial charge in [0.2, 0.25) is 0 Å². The standard InChI is InChI=1S/C44H27BrN2/c45-31-23-25-36-34-13-5-7-15-38(34)44(40(36)27-31)37-14-6-4-12-33(37)35-24-22-30(26-39(35)44)28-18-20-29(21-19-28)43-46-41-16-8-9-17-42(41)47(43)32-10-2-1-3-11-32/h1-27H. The topological polar surface area (TPSA) is 17.8 Å². The minimum atomic E-state index is -0.377. The van der Waals surface area contributed by atoms with Crippen LogP contribution in [0, 0.1) is 0 Å². The lowest BCUT2D eigenvalue weighted by Crippen LogP contribution is -2.25. The van der Waals surface area contributed by atoms with E-state index in [0.29, 0.717) is 0 Å². The van der Waals surface area contributed by atoms with Gasteiger partial charge in [0.15, 0.2) is 0 Å². The van der Waals surface area contributed by atoms with Gasteiger partial charge in [0.25, 0.3) is 0 Å². The number of hydrogen-bond acceptors (Lipinski definition) is 1. The minimum Gasteiger partial charge on any atom is -0.292 e. The lowest BCUT2D eigenvalue weighted by atomic mass is 9.70. The number of aromatic nitrogens is 2. The maximum Gasteiger partial charge on any atom is 0.145 e. The lowest BCUT2D eigenvalue weighted by molar-refractivity contribution is 0.793. The zero-order valence-corrected chi connectivity index (χ0v) is 26.9. The molecule has 1 aromatic heterocycles. The average Bonchev–Trinajstić information content (AvgIpc) is 3.76. The Morgan fingerprint density at radius 3 is 1.74 bits per heavy atom. The number of rotatable bonds is 3. The van der Waals surface area contributed by atoms with Crippen LogP contribution < -0.4 is 0 Å². The second-order valence-electron chi connectivity index (χ2n) is 12.5. The molecule has 47 heavy (non-hydrogen) atoms. The second kappa shape index (κ2) is 9.99. The summed E-state index contributed by atoms with van der Waals surface area (Å²) in [4.78, 5) is 5.09. The van der Waals surface area contributed by atoms with E-state index < -0.39 is 0 Å². The van der Waals surface area contributed by atoms with Crippen molar-refractivity contribution in [3.8, 4) is 50.5 Å². The Labute approximate surface area is 281 Å². The summed E-state index contributed by atoms with van der Waals surface area (Å²) in [5.41, 5.74) is 16.9. The molecule has 10 rings (SSSR count). The third-order valence-electron chi connectivity index (χ3n) is 10.1. The molecule has 1 atom stereocenters. The van der Waals surface area contributed by atoms with Crippen LogP contribution in [0.1, 0.15) is 22.3 Å².